The number of para-hydroxylation sites is 1. The maximum atomic E-state index is 12.0. The van der Waals surface area contributed by atoms with Crippen LogP contribution in [0.3, 0.4) is 0 Å². The molecule has 1 N–H and O–H groups in total. The van der Waals surface area contributed by atoms with Crippen LogP contribution < -0.4 is 19.5 Å². The van der Waals surface area contributed by atoms with Crippen molar-refractivity contribution in [2.24, 2.45) is 0 Å². The quantitative estimate of drug-likeness (QED) is 0.761. The average molecular weight is 315 g/mol. The Morgan fingerprint density at radius 2 is 1.74 bits per heavy atom. The van der Waals surface area contributed by atoms with Crippen molar-refractivity contribution in [1.82, 2.24) is 5.32 Å². The molecule has 1 unspecified atom stereocenters. The maximum Gasteiger partial charge on any atom is 0.260 e. The Balaban J connectivity index is 1.72. The first-order chi connectivity index (χ1) is 11.2. The molecule has 2 aromatic carbocycles. The number of rotatable bonds is 8. The van der Waals surface area contributed by atoms with Gasteiger partial charge in [-0.1, -0.05) is 24.3 Å². The second-order valence-electron chi connectivity index (χ2n) is 4.89. The molecule has 0 aliphatic heterocycles. The summed E-state index contributed by atoms with van der Waals surface area (Å²) in [5, 5.41) is 2.78. The molecule has 23 heavy (non-hydrogen) atoms. The molecular formula is C18H21NO4. The lowest BCUT2D eigenvalue weighted by Crippen LogP contribution is -2.38. The second-order valence-corrected chi connectivity index (χ2v) is 4.89. The summed E-state index contributed by atoms with van der Waals surface area (Å²) in [6.45, 7) is 2.52. The fourth-order valence-electron chi connectivity index (χ4n) is 1.94. The average Bonchev–Trinajstić information content (AvgIpc) is 2.59. The lowest BCUT2D eigenvalue weighted by atomic mass is 10.3. The number of nitrogens with one attached hydrogen (secondary N) is 1. The molecule has 2 rings (SSSR count). The smallest absolute Gasteiger partial charge is 0.260 e. The molecule has 0 aliphatic carbocycles. The normalized spacial score (nSPS) is 11.4. The Morgan fingerprint density at radius 3 is 2.48 bits per heavy atom. The van der Waals surface area contributed by atoms with Crippen LogP contribution in [0, 0.1) is 0 Å². The van der Waals surface area contributed by atoms with Crippen molar-refractivity contribution in [1.29, 1.82) is 0 Å². The zero-order valence-corrected chi connectivity index (χ0v) is 13.3. The number of benzene rings is 2. The van der Waals surface area contributed by atoms with E-state index in [0.29, 0.717) is 24.7 Å². The molecule has 5 heteroatoms. The molecule has 0 spiro atoms. The molecule has 0 saturated carbocycles. The van der Waals surface area contributed by atoms with E-state index in [4.69, 9.17) is 14.2 Å². The predicted molar refractivity (Wildman–Crippen MR) is 88.0 cm³/mol. The zero-order valence-electron chi connectivity index (χ0n) is 13.3. The van der Waals surface area contributed by atoms with Crippen molar-refractivity contribution in [3.8, 4) is 17.2 Å². The van der Waals surface area contributed by atoms with E-state index in [9.17, 15) is 4.79 Å². The highest BCUT2D eigenvalue weighted by atomic mass is 16.5. The predicted octanol–water partition coefficient (Wildman–Crippen LogP) is 2.66. The lowest BCUT2D eigenvalue weighted by molar-refractivity contribution is -0.127. The first-order valence-electron chi connectivity index (χ1n) is 7.45. The van der Waals surface area contributed by atoms with Crippen molar-refractivity contribution in [2.45, 2.75) is 13.0 Å². The molecule has 5 nitrogen and oxygen atoms in total. The van der Waals surface area contributed by atoms with Gasteiger partial charge in [0.1, 0.15) is 23.9 Å². The minimum absolute atomic E-state index is 0.190. The third-order valence-electron chi connectivity index (χ3n) is 3.14. The van der Waals surface area contributed by atoms with Crippen LogP contribution in [-0.4, -0.2) is 32.3 Å². The maximum absolute atomic E-state index is 12.0. The van der Waals surface area contributed by atoms with Gasteiger partial charge in [0.05, 0.1) is 13.7 Å². The lowest BCUT2D eigenvalue weighted by Gasteiger charge is -2.15. The van der Waals surface area contributed by atoms with E-state index in [-0.39, 0.29) is 5.91 Å². The number of amides is 1. The summed E-state index contributed by atoms with van der Waals surface area (Å²) in [5.41, 5.74) is 0. The summed E-state index contributed by atoms with van der Waals surface area (Å²) < 4.78 is 16.2. The van der Waals surface area contributed by atoms with E-state index in [1.54, 1.807) is 26.2 Å². The number of carbonyl (C=O) groups excluding carboxylic acids is 1. The highest BCUT2D eigenvalue weighted by Gasteiger charge is 2.14. The Morgan fingerprint density at radius 1 is 1.04 bits per heavy atom. The Hall–Kier alpha value is -2.69. The number of methoxy groups -OCH3 is 1. The van der Waals surface area contributed by atoms with Gasteiger partial charge in [0.25, 0.3) is 5.91 Å². The Labute approximate surface area is 136 Å². The zero-order chi connectivity index (χ0) is 16.5. The SMILES string of the molecule is COc1cccc(OC(C)C(=O)NCCOc2ccccc2)c1. The van der Waals surface area contributed by atoms with Crippen molar-refractivity contribution in [3.63, 3.8) is 0 Å². The largest absolute Gasteiger partial charge is 0.497 e. The summed E-state index contributed by atoms with van der Waals surface area (Å²) in [4.78, 5) is 12.0. The van der Waals surface area contributed by atoms with Gasteiger partial charge in [-0.05, 0) is 31.2 Å². The number of hydrogen-bond donors (Lipinski definition) is 1. The van der Waals surface area contributed by atoms with E-state index in [1.807, 2.05) is 42.5 Å². The van der Waals surface area contributed by atoms with Crippen LogP contribution in [0.2, 0.25) is 0 Å². The van der Waals surface area contributed by atoms with Crippen LogP contribution in [0.5, 0.6) is 17.2 Å². The molecule has 0 aromatic heterocycles. The molecule has 0 aliphatic rings. The van der Waals surface area contributed by atoms with Crippen molar-refractivity contribution in [3.05, 3.63) is 54.6 Å². The monoisotopic (exact) mass is 315 g/mol. The van der Waals surface area contributed by atoms with Gasteiger partial charge in [0.2, 0.25) is 0 Å². The van der Waals surface area contributed by atoms with Crippen LogP contribution in [0.25, 0.3) is 0 Å². The van der Waals surface area contributed by atoms with E-state index in [0.717, 1.165) is 5.75 Å². The number of carbonyl (C=O) groups is 1. The van der Waals surface area contributed by atoms with Crippen molar-refractivity contribution < 1.29 is 19.0 Å². The van der Waals surface area contributed by atoms with Crippen LogP contribution in [0.15, 0.2) is 54.6 Å². The molecule has 1 atom stereocenters. The summed E-state index contributed by atoms with van der Waals surface area (Å²) in [5.74, 6) is 1.87. The van der Waals surface area contributed by atoms with Crippen LogP contribution in [0.4, 0.5) is 0 Å². The van der Waals surface area contributed by atoms with E-state index >= 15 is 0 Å². The third kappa shape index (κ3) is 5.54. The van der Waals surface area contributed by atoms with Gasteiger partial charge in [-0.3, -0.25) is 4.79 Å². The third-order valence-corrected chi connectivity index (χ3v) is 3.14. The molecule has 0 fully saturated rings. The molecule has 0 saturated heterocycles. The van der Waals surface area contributed by atoms with Crippen LogP contribution >= 0.6 is 0 Å². The van der Waals surface area contributed by atoms with Gasteiger partial charge >= 0.3 is 0 Å². The summed E-state index contributed by atoms with van der Waals surface area (Å²) >= 11 is 0. The second kappa shape index (κ2) is 8.68. The summed E-state index contributed by atoms with van der Waals surface area (Å²) in [6, 6.07) is 16.6. The molecule has 0 radical (unpaired) electrons. The van der Waals surface area contributed by atoms with Gasteiger partial charge in [-0.15, -0.1) is 0 Å². The number of ether oxygens (including phenoxy) is 3. The highest BCUT2D eigenvalue weighted by molar-refractivity contribution is 5.80. The van der Waals surface area contributed by atoms with Gasteiger partial charge in [0.15, 0.2) is 6.10 Å². The molecule has 122 valence electrons. The van der Waals surface area contributed by atoms with E-state index in [2.05, 4.69) is 5.32 Å². The Bertz CT molecular complexity index is 615. The van der Waals surface area contributed by atoms with E-state index in [1.165, 1.54) is 0 Å². The van der Waals surface area contributed by atoms with Crippen molar-refractivity contribution in [2.75, 3.05) is 20.3 Å². The molecular weight excluding hydrogens is 294 g/mol. The standard InChI is InChI=1S/C18H21NO4/c1-14(23-17-10-6-9-16(13-17)21-2)18(20)19-11-12-22-15-7-4-3-5-8-15/h3-10,13-14H,11-12H2,1-2H3,(H,19,20). The minimum Gasteiger partial charge on any atom is -0.497 e. The molecule has 1 amide bonds. The number of hydrogen-bond acceptors (Lipinski definition) is 4. The highest BCUT2D eigenvalue weighted by Crippen LogP contribution is 2.19. The van der Waals surface area contributed by atoms with Crippen molar-refractivity contribution >= 4 is 5.91 Å². The van der Waals surface area contributed by atoms with Crippen LogP contribution in [0.1, 0.15) is 6.92 Å². The van der Waals surface area contributed by atoms with Gasteiger partial charge < -0.3 is 19.5 Å². The summed E-state index contributed by atoms with van der Waals surface area (Å²) in [6.07, 6.45) is -0.598. The molecule has 0 bridgehead atoms. The minimum atomic E-state index is -0.598. The van der Waals surface area contributed by atoms with Crippen LogP contribution in [-0.2, 0) is 4.79 Å². The fourth-order valence-corrected chi connectivity index (χ4v) is 1.94. The first-order valence-corrected chi connectivity index (χ1v) is 7.45. The van der Waals surface area contributed by atoms with E-state index < -0.39 is 6.10 Å². The first kappa shape index (κ1) is 16.7. The Kier molecular flexibility index (Phi) is 6.29. The van der Waals surface area contributed by atoms with Gasteiger partial charge in [-0.25, -0.2) is 0 Å². The molecule has 2 aromatic rings. The summed E-state index contributed by atoms with van der Waals surface area (Å²) in [7, 11) is 1.59. The van der Waals surface area contributed by atoms with Gasteiger partial charge in [0, 0.05) is 6.07 Å². The molecule has 0 heterocycles. The fraction of sp³-hybridized carbons (Fsp3) is 0.278. The topological polar surface area (TPSA) is 56.8 Å². The van der Waals surface area contributed by atoms with Gasteiger partial charge in [-0.2, -0.15) is 0 Å².